The van der Waals surface area contributed by atoms with Crippen LogP contribution in [0.2, 0.25) is 0 Å². The van der Waals surface area contributed by atoms with Crippen molar-refractivity contribution in [2.75, 3.05) is 6.61 Å². The van der Waals surface area contributed by atoms with Gasteiger partial charge in [0.25, 0.3) is 0 Å². The second-order valence-electron chi connectivity index (χ2n) is 4.59. The van der Waals surface area contributed by atoms with E-state index in [1.807, 2.05) is 24.3 Å². The Morgan fingerprint density at radius 1 is 1.14 bits per heavy atom. The van der Waals surface area contributed by atoms with E-state index >= 15 is 0 Å². The second-order valence-corrected chi connectivity index (χ2v) is 5.44. The molecule has 2 rings (SSSR count). The lowest BCUT2D eigenvalue weighted by molar-refractivity contribution is -0.137. The molecule has 22 heavy (non-hydrogen) atoms. The van der Waals surface area contributed by atoms with Crippen molar-refractivity contribution in [1.82, 2.24) is 0 Å². The molecule has 2 aromatic carbocycles. The number of esters is 1. The fourth-order valence-corrected chi connectivity index (χ4v) is 2.30. The minimum Gasteiger partial charge on any atom is -0.504 e. The van der Waals surface area contributed by atoms with Crippen LogP contribution in [0, 0.1) is 0 Å². The third-order valence-corrected chi connectivity index (χ3v) is 3.76. The first-order chi connectivity index (χ1) is 10.6. The van der Waals surface area contributed by atoms with Crippen LogP contribution in [-0.4, -0.2) is 22.8 Å². The third-order valence-electron chi connectivity index (χ3n) is 2.98. The van der Waals surface area contributed by atoms with Gasteiger partial charge in [0.15, 0.2) is 11.5 Å². The highest BCUT2D eigenvalue weighted by Gasteiger charge is 2.02. The molecule has 4 nitrogen and oxygen atoms in total. The van der Waals surface area contributed by atoms with Gasteiger partial charge in [-0.15, -0.1) is 0 Å². The maximum absolute atomic E-state index is 11.6. The Kier molecular flexibility index (Phi) is 5.61. The molecule has 5 heteroatoms. The summed E-state index contributed by atoms with van der Waals surface area (Å²) in [4.78, 5) is 11.6. The lowest BCUT2D eigenvalue weighted by Crippen LogP contribution is -2.05. The number of halogens is 1. The van der Waals surface area contributed by atoms with Crippen molar-refractivity contribution in [3.8, 4) is 11.5 Å². The Labute approximate surface area is 136 Å². The van der Waals surface area contributed by atoms with E-state index in [2.05, 4.69) is 15.9 Å². The Hall–Kier alpha value is -2.27. The summed E-state index contributed by atoms with van der Waals surface area (Å²) in [7, 11) is 0. The molecule has 0 atom stereocenters. The summed E-state index contributed by atoms with van der Waals surface area (Å²) in [5.74, 6) is -0.891. The number of carbonyl (C=O) groups is 1. The summed E-state index contributed by atoms with van der Waals surface area (Å²) in [5.41, 5.74) is 1.67. The zero-order chi connectivity index (χ0) is 15.9. The Morgan fingerprint density at radius 3 is 2.64 bits per heavy atom. The van der Waals surface area contributed by atoms with Crippen LogP contribution in [0.5, 0.6) is 11.5 Å². The smallest absolute Gasteiger partial charge is 0.330 e. The quantitative estimate of drug-likeness (QED) is 0.483. The summed E-state index contributed by atoms with van der Waals surface area (Å²) in [5, 5.41) is 18.6. The van der Waals surface area contributed by atoms with Gasteiger partial charge in [-0.1, -0.05) is 40.2 Å². The highest BCUT2D eigenvalue weighted by molar-refractivity contribution is 9.10. The minimum atomic E-state index is -0.459. The number of phenols is 2. The third kappa shape index (κ3) is 4.63. The number of hydrogen-bond donors (Lipinski definition) is 2. The van der Waals surface area contributed by atoms with Gasteiger partial charge in [0.05, 0.1) is 6.61 Å². The van der Waals surface area contributed by atoms with Crippen molar-refractivity contribution in [2.24, 2.45) is 0 Å². The van der Waals surface area contributed by atoms with E-state index in [0.29, 0.717) is 12.0 Å². The van der Waals surface area contributed by atoms with Gasteiger partial charge >= 0.3 is 5.97 Å². The van der Waals surface area contributed by atoms with Gasteiger partial charge < -0.3 is 14.9 Å². The molecule has 0 saturated carbocycles. The number of phenolic OH excluding ortho intramolecular Hbond substituents is 2. The molecule has 0 amide bonds. The van der Waals surface area contributed by atoms with Crippen molar-refractivity contribution < 1.29 is 19.7 Å². The van der Waals surface area contributed by atoms with E-state index in [1.54, 1.807) is 6.07 Å². The Bertz CT molecular complexity index is 695. The highest BCUT2D eigenvalue weighted by Crippen LogP contribution is 2.25. The van der Waals surface area contributed by atoms with Gasteiger partial charge in [0.1, 0.15) is 0 Å². The zero-order valence-corrected chi connectivity index (χ0v) is 13.3. The number of benzene rings is 2. The molecule has 2 aromatic rings. The average Bonchev–Trinajstić information content (AvgIpc) is 2.50. The van der Waals surface area contributed by atoms with E-state index in [0.717, 1.165) is 10.0 Å². The Balaban J connectivity index is 1.84. The van der Waals surface area contributed by atoms with Gasteiger partial charge in [0.2, 0.25) is 0 Å². The molecule has 0 aliphatic heterocycles. The topological polar surface area (TPSA) is 66.8 Å². The van der Waals surface area contributed by atoms with Gasteiger partial charge in [-0.05, 0) is 35.4 Å². The maximum atomic E-state index is 11.6. The molecule has 2 N–H and O–H groups in total. The fourth-order valence-electron chi connectivity index (χ4n) is 1.82. The number of carbonyl (C=O) groups excluding carboxylic acids is 1. The summed E-state index contributed by atoms with van der Waals surface area (Å²) in [6.07, 6.45) is 3.42. The van der Waals surface area contributed by atoms with Crippen LogP contribution in [0.25, 0.3) is 6.08 Å². The molecule has 0 heterocycles. The molecule has 0 spiro atoms. The Morgan fingerprint density at radius 2 is 1.91 bits per heavy atom. The first-order valence-electron chi connectivity index (χ1n) is 6.66. The molecule has 0 bridgehead atoms. The van der Waals surface area contributed by atoms with E-state index in [-0.39, 0.29) is 18.1 Å². The first-order valence-corrected chi connectivity index (χ1v) is 7.46. The second kappa shape index (κ2) is 7.66. The summed E-state index contributed by atoms with van der Waals surface area (Å²) < 4.78 is 6.11. The number of ether oxygens (including phenoxy) is 1. The van der Waals surface area contributed by atoms with Crippen LogP contribution in [0.15, 0.2) is 53.0 Å². The fraction of sp³-hybridized carbons (Fsp3) is 0.118. The van der Waals surface area contributed by atoms with Gasteiger partial charge in [-0.2, -0.15) is 0 Å². The van der Waals surface area contributed by atoms with Crippen LogP contribution in [0.3, 0.4) is 0 Å². The van der Waals surface area contributed by atoms with Crippen LogP contribution in [0.4, 0.5) is 0 Å². The molecule has 0 aliphatic rings. The number of hydrogen-bond acceptors (Lipinski definition) is 4. The van der Waals surface area contributed by atoms with E-state index < -0.39 is 5.97 Å². The van der Waals surface area contributed by atoms with Gasteiger partial charge in [-0.25, -0.2) is 4.79 Å². The normalized spacial score (nSPS) is 10.8. The van der Waals surface area contributed by atoms with Gasteiger partial charge in [0, 0.05) is 17.0 Å². The molecule has 0 unspecified atom stereocenters. The van der Waals surface area contributed by atoms with Crippen LogP contribution in [0.1, 0.15) is 11.1 Å². The van der Waals surface area contributed by atoms with Crippen LogP contribution in [-0.2, 0) is 16.0 Å². The standard InChI is InChI=1S/C17H15BrO4/c18-14-4-2-1-3-13(14)9-10-22-17(21)8-6-12-5-7-15(19)16(20)11-12/h1-8,11,19-20H,9-10H2/b8-6+. The molecular formula is C17H15BrO4. The van der Waals surface area contributed by atoms with Gasteiger partial charge in [-0.3, -0.25) is 0 Å². The lowest BCUT2D eigenvalue weighted by atomic mass is 10.2. The number of rotatable bonds is 5. The summed E-state index contributed by atoms with van der Waals surface area (Å²) in [6, 6.07) is 12.1. The van der Waals surface area contributed by atoms with E-state index in [1.165, 1.54) is 24.3 Å². The first kappa shape index (κ1) is 16.1. The van der Waals surface area contributed by atoms with Crippen molar-refractivity contribution >= 4 is 28.0 Å². The van der Waals surface area contributed by atoms with Crippen molar-refractivity contribution in [1.29, 1.82) is 0 Å². The van der Waals surface area contributed by atoms with Crippen molar-refractivity contribution in [3.05, 3.63) is 64.1 Å². The average molecular weight is 363 g/mol. The largest absolute Gasteiger partial charge is 0.504 e. The van der Waals surface area contributed by atoms with Crippen molar-refractivity contribution in [3.63, 3.8) is 0 Å². The molecule has 0 aliphatic carbocycles. The van der Waals surface area contributed by atoms with E-state index in [4.69, 9.17) is 4.74 Å². The van der Waals surface area contributed by atoms with Crippen LogP contribution >= 0.6 is 15.9 Å². The minimum absolute atomic E-state index is 0.201. The van der Waals surface area contributed by atoms with Crippen molar-refractivity contribution in [2.45, 2.75) is 6.42 Å². The predicted octanol–water partition coefficient (Wildman–Crippen LogP) is 3.66. The highest BCUT2D eigenvalue weighted by atomic mass is 79.9. The zero-order valence-electron chi connectivity index (χ0n) is 11.7. The molecule has 114 valence electrons. The monoisotopic (exact) mass is 362 g/mol. The number of aromatic hydroxyl groups is 2. The molecule has 0 aromatic heterocycles. The molecular weight excluding hydrogens is 348 g/mol. The molecule has 0 saturated heterocycles. The van der Waals surface area contributed by atoms with Crippen LogP contribution < -0.4 is 0 Å². The molecule has 0 fully saturated rings. The van der Waals surface area contributed by atoms with E-state index in [9.17, 15) is 15.0 Å². The summed E-state index contributed by atoms with van der Waals surface area (Å²) >= 11 is 3.44. The predicted molar refractivity (Wildman–Crippen MR) is 87.6 cm³/mol. The maximum Gasteiger partial charge on any atom is 0.330 e. The molecule has 0 radical (unpaired) electrons. The summed E-state index contributed by atoms with van der Waals surface area (Å²) in [6.45, 7) is 0.284. The SMILES string of the molecule is O=C(/C=C/c1ccc(O)c(O)c1)OCCc1ccccc1Br. The lowest BCUT2D eigenvalue weighted by Gasteiger charge is -2.04.